The van der Waals surface area contributed by atoms with Crippen LogP contribution < -0.4 is 5.56 Å². The molecule has 0 amide bonds. The van der Waals surface area contributed by atoms with Crippen molar-refractivity contribution in [1.82, 2.24) is 9.55 Å². The maximum absolute atomic E-state index is 11.1. The third-order valence-electron chi connectivity index (χ3n) is 3.00. The maximum Gasteiger partial charge on any atom is 0.251 e. The van der Waals surface area contributed by atoms with Crippen molar-refractivity contribution in [3.63, 3.8) is 0 Å². The zero-order valence-electron chi connectivity index (χ0n) is 9.68. The zero-order valence-corrected chi connectivity index (χ0v) is 10.5. The number of terminal acetylenes is 1. The van der Waals surface area contributed by atoms with E-state index in [0.29, 0.717) is 0 Å². The standard InChI is InChI=1S/C11H12N2O5S/c1-2-11(17)8(16)6(5-14)18-9(11)13-4-3-7(15)12-10(13)19/h1,3-4,6,8-9,14,16-17H,5H2,(H,12,15,19)/t6-,8-,9-,11-/m1/s1. The van der Waals surface area contributed by atoms with E-state index in [9.17, 15) is 15.0 Å². The predicted molar refractivity (Wildman–Crippen MR) is 66.7 cm³/mol. The highest BCUT2D eigenvalue weighted by Crippen LogP contribution is 2.37. The highest BCUT2D eigenvalue weighted by atomic mass is 32.1. The molecule has 1 aliphatic rings. The minimum Gasteiger partial charge on any atom is -0.394 e. The fraction of sp³-hybridized carbons (Fsp3) is 0.455. The van der Waals surface area contributed by atoms with Gasteiger partial charge in [0.2, 0.25) is 0 Å². The molecule has 0 unspecified atom stereocenters. The van der Waals surface area contributed by atoms with Crippen molar-refractivity contribution in [3.8, 4) is 12.3 Å². The van der Waals surface area contributed by atoms with Crippen molar-refractivity contribution in [2.24, 2.45) is 0 Å². The lowest BCUT2D eigenvalue weighted by molar-refractivity contribution is -0.0754. The van der Waals surface area contributed by atoms with Gasteiger partial charge in [0, 0.05) is 12.3 Å². The normalized spacial score (nSPS) is 34.1. The van der Waals surface area contributed by atoms with Gasteiger partial charge in [-0.1, -0.05) is 5.92 Å². The van der Waals surface area contributed by atoms with Gasteiger partial charge in [-0.3, -0.25) is 14.3 Å². The summed E-state index contributed by atoms with van der Waals surface area (Å²) in [6.07, 6.45) is 2.82. The van der Waals surface area contributed by atoms with Crippen LogP contribution in [-0.2, 0) is 4.74 Å². The number of aromatic nitrogens is 2. The van der Waals surface area contributed by atoms with Gasteiger partial charge in [-0.2, -0.15) is 0 Å². The minimum absolute atomic E-state index is 0.0167. The van der Waals surface area contributed by atoms with Crippen molar-refractivity contribution < 1.29 is 20.1 Å². The number of H-pyrrole nitrogens is 1. The van der Waals surface area contributed by atoms with Gasteiger partial charge < -0.3 is 20.1 Å². The molecule has 8 heteroatoms. The SMILES string of the molecule is C#C[C@@]1(O)[C@H](O)[C@@H](CO)O[C@H]1n1ccc(=O)[nH]c1=S. The van der Waals surface area contributed by atoms with Gasteiger partial charge >= 0.3 is 0 Å². The molecule has 1 fully saturated rings. The number of ether oxygens (including phenoxy) is 1. The summed E-state index contributed by atoms with van der Waals surface area (Å²) in [6, 6.07) is 1.18. The van der Waals surface area contributed by atoms with E-state index in [1.807, 2.05) is 0 Å². The first-order chi connectivity index (χ1) is 8.93. The quantitative estimate of drug-likeness (QED) is 0.390. The first-order valence-corrected chi connectivity index (χ1v) is 5.81. The van der Waals surface area contributed by atoms with Crippen LogP contribution in [0.2, 0.25) is 0 Å². The summed E-state index contributed by atoms with van der Waals surface area (Å²) in [7, 11) is 0. The minimum atomic E-state index is -2.05. The van der Waals surface area contributed by atoms with E-state index in [2.05, 4.69) is 10.9 Å². The number of aliphatic hydroxyl groups excluding tert-OH is 2. The van der Waals surface area contributed by atoms with Crippen molar-refractivity contribution in [1.29, 1.82) is 0 Å². The zero-order chi connectivity index (χ0) is 14.2. The Morgan fingerprint density at radius 2 is 2.37 bits per heavy atom. The lowest BCUT2D eigenvalue weighted by atomic mass is 9.95. The Kier molecular flexibility index (Phi) is 3.58. The van der Waals surface area contributed by atoms with E-state index < -0.39 is 36.2 Å². The smallest absolute Gasteiger partial charge is 0.251 e. The Balaban J connectivity index is 2.52. The fourth-order valence-electron chi connectivity index (χ4n) is 1.96. The molecule has 4 N–H and O–H groups in total. The maximum atomic E-state index is 11.1. The van der Waals surface area contributed by atoms with Gasteiger partial charge in [0.15, 0.2) is 16.6 Å². The molecule has 7 nitrogen and oxygen atoms in total. The number of nitrogens with one attached hydrogen (secondary N) is 1. The Morgan fingerprint density at radius 3 is 2.89 bits per heavy atom. The van der Waals surface area contributed by atoms with E-state index >= 15 is 0 Å². The van der Waals surface area contributed by atoms with Gasteiger partial charge in [0.05, 0.1) is 6.61 Å². The van der Waals surface area contributed by atoms with Crippen LogP contribution in [0.3, 0.4) is 0 Å². The molecule has 0 saturated carbocycles. The highest BCUT2D eigenvalue weighted by molar-refractivity contribution is 7.71. The fourth-order valence-corrected chi connectivity index (χ4v) is 2.22. The number of hydrogen-bond acceptors (Lipinski definition) is 6. The molecule has 102 valence electrons. The van der Waals surface area contributed by atoms with Crippen LogP contribution in [0.25, 0.3) is 0 Å². The van der Waals surface area contributed by atoms with Crippen LogP contribution in [0.15, 0.2) is 17.1 Å². The van der Waals surface area contributed by atoms with E-state index in [1.165, 1.54) is 16.8 Å². The van der Waals surface area contributed by atoms with Gasteiger partial charge in [0.1, 0.15) is 12.2 Å². The van der Waals surface area contributed by atoms with Gasteiger partial charge in [-0.15, -0.1) is 6.42 Å². The first-order valence-electron chi connectivity index (χ1n) is 5.40. The molecule has 1 saturated heterocycles. The summed E-state index contributed by atoms with van der Waals surface area (Å²) in [5.74, 6) is 2.06. The highest BCUT2D eigenvalue weighted by Gasteiger charge is 2.55. The van der Waals surface area contributed by atoms with Crippen LogP contribution in [-0.4, -0.2) is 49.3 Å². The Bertz CT molecular complexity index is 633. The molecular formula is C11H12N2O5S. The summed E-state index contributed by atoms with van der Waals surface area (Å²) < 4.78 is 6.52. The van der Waals surface area contributed by atoms with Gasteiger partial charge in [-0.25, -0.2) is 0 Å². The predicted octanol–water partition coefficient (Wildman–Crippen LogP) is -1.48. The first kappa shape index (κ1) is 13.9. The second kappa shape index (κ2) is 4.88. The van der Waals surface area contributed by atoms with Crippen molar-refractivity contribution in [2.45, 2.75) is 24.0 Å². The van der Waals surface area contributed by atoms with Crippen molar-refractivity contribution >= 4 is 12.2 Å². The number of hydrogen-bond donors (Lipinski definition) is 4. The molecule has 0 bridgehead atoms. The lowest BCUT2D eigenvalue weighted by Crippen LogP contribution is -2.46. The summed E-state index contributed by atoms with van der Waals surface area (Å²) >= 11 is 4.94. The van der Waals surface area contributed by atoms with Crippen LogP contribution in [0.5, 0.6) is 0 Å². The molecule has 0 spiro atoms. The number of aromatic amines is 1. The number of aliphatic hydroxyl groups is 3. The third-order valence-corrected chi connectivity index (χ3v) is 3.31. The largest absolute Gasteiger partial charge is 0.394 e. The monoisotopic (exact) mass is 284 g/mol. The summed E-state index contributed by atoms with van der Waals surface area (Å²) in [5.41, 5.74) is -2.47. The molecule has 4 atom stereocenters. The van der Waals surface area contributed by atoms with Crippen LogP contribution in [0.1, 0.15) is 6.23 Å². The Labute approximate surface area is 113 Å². The lowest BCUT2D eigenvalue weighted by Gasteiger charge is -2.26. The molecule has 0 aliphatic carbocycles. The van der Waals surface area contributed by atoms with Crippen LogP contribution in [0, 0.1) is 17.1 Å². The average Bonchev–Trinajstić information content (AvgIpc) is 2.63. The number of rotatable bonds is 2. The van der Waals surface area contributed by atoms with E-state index in [-0.39, 0.29) is 4.77 Å². The van der Waals surface area contributed by atoms with E-state index in [1.54, 1.807) is 0 Å². The molecular weight excluding hydrogens is 272 g/mol. The van der Waals surface area contributed by atoms with Crippen molar-refractivity contribution in [3.05, 3.63) is 27.4 Å². The number of nitrogens with zero attached hydrogens (tertiary/aromatic N) is 1. The molecule has 2 heterocycles. The second-order valence-corrected chi connectivity index (χ2v) is 4.53. The molecule has 1 aliphatic heterocycles. The summed E-state index contributed by atoms with van der Waals surface area (Å²) in [6.45, 7) is -0.516. The average molecular weight is 284 g/mol. The summed E-state index contributed by atoms with van der Waals surface area (Å²) in [5, 5.41) is 29.3. The molecule has 0 radical (unpaired) electrons. The Morgan fingerprint density at radius 1 is 1.68 bits per heavy atom. The summed E-state index contributed by atoms with van der Waals surface area (Å²) in [4.78, 5) is 13.4. The Hall–Kier alpha value is -1.50. The molecule has 19 heavy (non-hydrogen) atoms. The van der Waals surface area contributed by atoms with E-state index in [4.69, 9.17) is 28.5 Å². The second-order valence-electron chi connectivity index (χ2n) is 4.14. The van der Waals surface area contributed by atoms with Crippen LogP contribution >= 0.6 is 12.2 Å². The van der Waals surface area contributed by atoms with Gasteiger partial charge in [-0.05, 0) is 12.2 Å². The molecule has 2 rings (SSSR count). The topological polar surface area (TPSA) is 108 Å². The van der Waals surface area contributed by atoms with Crippen molar-refractivity contribution in [2.75, 3.05) is 6.61 Å². The molecule has 1 aromatic rings. The molecule has 1 aromatic heterocycles. The molecule has 0 aromatic carbocycles. The third kappa shape index (κ3) is 2.11. The van der Waals surface area contributed by atoms with E-state index in [0.717, 1.165) is 0 Å². The van der Waals surface area contributed by atoms with Gasteiger partial charge in [0.25, 0.3) is 5.56 Å². The van der Waals surface area contributed by atoms with Crippen LogP contribution in [0.4, 0.5) is 0 Å².